The highest BCUT2D eigenvalue weighted by molar-refractivity contribution is 7.16. The summed E-state index contributed by atoms with van der Waals surface area (Å²) >= 11 is 7.89. The first-order chi connectivity index (χ1) is 65.7. The predicted molar refractivity (Wildman–Crippen MR) is 552 cm³/mol. The van der Waals surface area contributed by atoms with Gasteiger partial charge in [0.15, 0.2) is 29.8 Å². The molecule has 18 rings (SSSR count). The number of carbonyl (C=O) groups is 5. The lowest BCUT2D eigenvalue weighted by Crippen LogP contribution is -2.54. The van der Waals surface area contributed by atoms with E-state index < -0.39 is 27.7 Å². The van der Waals surface area contributed by atoms with E-state index in [9.17, 15) is 24.0 Å². The van der Waals surface area contributed by atoms with Crippen LogP contribution in [-0.4, -0.2) is 130 Å². The molecule has 10 N–H and O–H groups in total. The van der Waals surface area contributed by atoms with Crippen LogP contribution in [0.1, 0.15) is 178 Å². The van der Waals surface area contributed by atoms with Gasteiger partial charge in [-0.3, -0.25) is 63.4 Å². The third-order valence-electron chi connectivity index (χ3n) is 24.7. The molecule has 694 valence electrons. The van der Waals surface area contributed by atoms with Crippen LogP contribution in [0.25, 0.3) is 54.4 Å². The number of benzene rings is 4. The molecule has 1 saturated carbocycles. The maximum absolute atomic E-state index is 13.0. The maximum atomic E-state index is 13.0. The third-order valence-corrected chi connectivity index (χ3v) is 30.4. The van der Waals surface area contributed by atoms with Gasteiger partial charge in [-0.15, -0.1) is 86.3 Å². The number of thiazole rings is 2. The summed E-state index contributed by atoms with van der Waals surface area (Å²) in [6.45, 7) is 21.7. The van der Waals surface area contributed by atoms with E-state index in [2.05, 4.69) is 179 Å². The molecule has 6 aliphatic rings. The SMILES string of the molecule is CC#Cc1cccc(-c2ccc([C@@]3(C)N=C(N)N(C)C(=O)C3C3CC3)s2)c1.CC#Cc1cccc(-c2csc([C@]3(C)CC(=O)N(Cc4ccncc4)C(N)=N3)c2)c1.CC#Cc1cccc(-c2csc([C@]3(C)CC(=O)N(Cc4nccs4)C(N)=N3)c2)c1.CC#Cc1cncc(-c2cccc([C@]3(C)CCC(=O)N(C)C(N)=N3)c2)c1.CC#Cc1cncc(-c2ncc([C@@]3(C)N=C(N)N(C)C(=O)C3C)s2)c1. The highest BCUT2D eigenvalue weighted by atomic mass is 32.1. The fourth-order valence-corrected chi connectivity index (χ4v) is 21.5. The number of amides is 5. The molecule has 25 nitrogen and oxygen atoms in total. The van der Waals surface area contributed by atoms with Crippen LogP contribution < -0.4 is 28.7 Å². The molecule has 5 amide bonds. The Kier molecular flexibility index (Phi) is 30.4. The van der Waals surface area contributed by atoms with E-state index in [4.69, 9.17) is 43.6 Å². The second kappa shape index (κ2) is 42.4. The van der Waals surface area contributed by atoms with Gasteiger partial charge in [-0.05, 0) is 241 Å². The van der Waals surface area contributed by atoms with Crippen molar-refractivity contribution in [3.8, 4) is 114 Å². The van der Waals surface area contributed by atoms with Crippen molar-refractivity contribution in [2.75, 3.05) is 21.1 Å². The summed E-state index contributed by atoms with van der Waals surface area (Å²) in [4.78, 5) is 121. The number of rotatable bonds is 15. The molecule has 4 aromatic carbocycles. The fourth-order valence-electron chi connectivity index (χ4n) is 16.6. The molecule has 13 heterocycles. The Morgan fingerprint density at radius 3 is 1.43 bits per heavy atom. The van der Waals surface area contributed by atoms with Gasteiger partial charge in [0.2, 0.25) is 29.5 Å². The van der Waals surface area contributed by atoms with Crippen molar-refractivity contribution in [2.45, 2.75) is 155 Å². The second-order valence-electron chi connectivity index (χ2n) is 34.6. The monoisotopic (exact) mass is 1910 g/mol. The number of aliphatic imine (C=N–C) groups is 5. The van der Waals surface area contributed by atoms with Crippen molar-refractivity contribution in [1.29, 1.82) is 0 Å². The van der Waals surface area contributed by atoms with Gasteiger partial charge < -0.3 is 28.7 Å². The number of hydrogen-bond acceptors (Lipinski definition) is 25. The molecule has 0 saturated heterocycles. The average Bonchev–Trinajstić information content (AvgIpc) is 1.63. The standard InChI is InChI=1S/C24H22N4OS.C22H20N4OS2.C22H23N3OS.C21H22N4O.C18H19N5OS/c1-3-5-17-6-4-7-19(12-17)20-13-21(30-16-20)24(2)14-22(29)28(23(25)27-24)15-18-8-10-26-11-9-18;1-3-5-15-6-4-7-16(10-15)17-11-18(29-14-17)22(2)12-20(27)26(21(23)25-22)13-19-24-8-9-28-19;1-4-6-14-7-5-8-16(13-14)17-11-12-18(27-17)22(2)19(15-9-10-15)20(26)25(3)21(23)24-22;1-4-6-15-11-17(14-23-13-15)16-7-5-8-18(12-16)21(2)10-9-19(26)25(3)20(22)24-21;1-5-6-12-7-13(9-20-8-12)15-21-10-14(25-15)18(3)11(2)16(24)23(4)17(19)22-18/h4,6-13,16H,14-15H2,1-2H3,(H2,25,27);4,6-11,14H,12-13H2,1-2H3,(H2,23,25);5,7-8,11-13,15,19H,9-10H2,1-3H3,(H2,23,24);5,7-8,11-14H,9-10H2,1-3H3,(H2,22,24);7-11H,1-4H3,(H2,19,22)/t24-;22-;19?,22-;21-;11?,18-/m00100/s1. The Balaban J connectivity index is 0.000000137. The molecule has 2 unspecified atom stereocenters. The van der Waals surface area contributed by atoms with Crippen LogP contribution >= 0.6 is 56.7 Å². The van der Waals surface area contributed by atoms with Crippen LogP contribution in [0.5, 0.6) is 0 Å². The molecule has 1 fully saturated rings. The minimum Gasteiger partial charge on any atom is -0.369 e. The van der Waals surface area contributed by atoms with Crippen molar-refractivity contribution >= 4 is 116 Å². The number of nitrogens with two attached hydrogens (primary N) is 5. The molecule has 5 aliphatic heterocycles. The van der Waals surface area contributed by atoms with Gasteiger partial charge in [-0.2, -0.15) is 0 Å². The highest BCUT2D eigenvalue weighted by Gasteiger charge is 2.54. The Bertz CT molecular complexity index is 7110. The third kappa shape index (κ3) is 22.4. The second-order valence-corrected chi connectivity index (χ2v) is 39.5. The van der Waals surface area contributed by atoms with Crippen LogP contribution in [0.15, 0.2) is 236 Å². The fraction of sp³-hybridized carbons (Fsp3) is 0.280. The normalized spacial score (nSPS) is 21.0. The molecule has 0 radical (unpaired) electrons. The zero-order valence-electron chi connectivity index (χ0n) is 78.8. The number of aromatic nitrogens is 5. The molecule has 8 aromatic heterocycles. The first-order valence-corrected chi connectivity index (χ1v) is 48.6. The Morgan fingerprint density at radius 1 is 0.409 bits per heavy atom. The molecule has 30 heteroatoms. The number of pyridine rings is 3. The Labute approximate surface area is 819 Å². The molecule has 137 heavy (non-hydrogen) atoms. The van der Waals surface area contributed by atoms with Crippen LogP contribution in [0.3, 0.4) is 0 Å². The zero-order chi connectivity index (χ0) is 97.7. The summed E-state index contributed by atoms with van der Waals surface area (Å²) in [6.07, 6.45) is 17.7. The molecular formula is C107H106N20O5S5. The van der Waals surface area contributed by atoms with Crippen molar-refractivity contribution in [2.24, 2.45) is 71.4 Å². The van der Waals surface area contributed by atoms with E-state index in [-0.39, 0.29) is 78.1 Å². The largest absolute Gasteiger partial charge is 0.369 e. The summed E-state index contributed by atoms with van der Waals surface area (Å²) < 4.78 is 0. The van der Waals surface area contributed by atoms with Crippen molar-refractivity contribution < 1.29 is 24.0 Å². The van der Waals surface area contributed by atoms with Crippen molar-refractivity contribution in [3.05, 3.63) is 275 Å². The lowest BCUT2D eigenvalue weighted by Gasteiger charge is -2.40. The smallest absolute Gasteiger partial charge is 0.235 e. The molecular weight excluding hydrogens is 1810 g/mol. The van der Waals surface area contributed by atoms with Crippen LogP contribution in [0.2, 0.25) is 0 Å². The van der Waals surface area contributed by atoms with Gasteiger partial charge in [0.05, 0.1) is 48.2 Å². The molecule has 0 bridgehead atoms. The summed E-state index contributed by atoms with van der Waals surface area (Å²) in [5, 5.41) is 7.73. The lowest BCUT2D eigenvalue weighted by molar-refractivity contribution is -0.135. The summed E-state index contributed by atoms with van der Waals surface area (Å²) in [5.41, 5.74) is 42.4. The van der Waals surface area contributed by atoms with Gasteiger partial charge in [0.25, 0.3) is 0 Å². The summed E-state index contributed by atoms with van der Waals surface area (Å²) in [6, 6.07) is 48.8. The number of hydrogen-bond donors (Lipinski definition) is 5. The Morgan fingerprint density at radius 2 is 0.891 bits per heavy atom. The first-order valence-electron chi connectivity index (χ1n) is 44.4. The van der Waals surface area contributed by atoms with Gasteiger partial charge in [0, 0.05) is 141 Å². The van der Waals surface area contributed by atoms with Crippen molar-refractivity contribution in [1.82, 2.24) is 49.4 Å². The average molecular weight is 1910 g/mol. The van der Waals surface area contributed by atoms with Gasteiger partial charge in [-0.25, -0.2) is 34.9 Å². The minimum absolute atomic E-state index is 0.0128. The van der Waals surface area contributed by atoms with Gasteiger partial charge in [0.1, 0.15) is 32.2 Å². The number of guanidine groups is 5. The number of thiophene rings is 3. The predicted octanol–water partition coefficient (Wildman–Crippen LogP) is 17.3. The molecule has 0 spiro atoms. The van der Waals surface area contributed by atoms with Crippen molar-refractivity contribution in [3.63, 3.8) is 0 Å². The van der Waals surface area contributed by atoms with E-state index in [0.717, 1.165) is 131 Å². The summed E-state index contributed by atoms with van der Waals surface area (Å²) in [7, 11) is 5.02. The van der Waals surface area contributed by atoms with Gasteiger partial charge in [-0.1, -0.05) is 91.1 Å². The Hall–Kier alpha value is -14.8. The van der Waals surface area contributed by atoms with E-state index >= 15 is 0 Å². The summed E-state index contributed by atoms with van der Waals surface area (Å²) in [5.74, 6) is 31.0. The van der Waals surface area contributed by atoms with E-state index in [1.54, 1.807) is 117 Å². The lowest BCUT2D eigenvalue weighted by atomic mass is 9.79. The van der Waals surface area contributed by atoms with Crippen LogP contribution in [-0.2, 0) is 64.8 Å². The van der Waals surface area contributed by atoms with E-state index in [0.29, 0.717) is 37.8 Å². The molecule has 12 aromatic rings. The quantitative estimate of drug-likeness (QED) is 0.0596. The molecule has 7 atom stereocenters. The van der Waals surface area contributed by atoms with Gasteiger partial charge >= 0.3 is 0 Å². The van der Waals surface area contributed by atoms with E-state index in [1.165, 1.54) is 42.3 Å². The number of carbonyl (C=O) groups excluding carboxylic acids is 5. The zero-order valence-corrected chi connectivity index (χ0v) is 82.9. The first kappa shape index (κ1) is 98.2. The van der Waals surface area contributed by atoms with Crippen LogP contribution in [0, 0.1) is 77.0 Å². The minimum atomic E-state index is -0.724. The maximum Gasteiger partial charge on any atom is 0.235 e. The number of nitrogens with zero attached hydrogens (tertiary/aromatic N) is 15. The highest BCUT2D eigenvalue weighted by Crippen LogP contribution is 2.53. The van der Waals surface area contributed by atoms with Crippen LogP contribution in [0.4, 0.5) is 0 Å². The van der Waals surface area contributed by atoms with E-state index in [1.807, 2.05) is 146 Å². The molecule has 1 aliphatic carbocycles. The topological polar surface area (TPSA) is 358 Å².